The molecular weight excluding hydrogens is 267 g/mol. The van der Waals surface area contributed by atoms with Gasteiger partial charge in [0, 0.05) is 31.3 Å². The molecule has 1 fully saturated rings. The van der Waals surface area contributed by atoms with Crippen LogP contribution in [0.3, 0.4) is 0 Å². The summed E-state index contributed by atoms with van der Waals surface area (Å²) in [6, 6.07) is 8.56. The maximum atomic E-state index is 13.2. The summed E-state index contributed by atoms with van der Waals surface area (Å²) in [7, 11) is 0. The van der Waals surface area contributed by atoms with Crippen LogP contribution in [0.15, 0.2) is 42.7 Å². The molecule has 3 rings (SSSR count). The molecule has 3 nitrogen and oxygen atoms in total. The second kappa shape index (κ2) is 5.64. The van der Waals surface area contributed by atoms with Crippen LogP contribution in [-0.2, 0) is 4.79 Å². The lowest BCUT2D eigenvalue weighted by Gasteiger charge is -2.24. The molecule has 1 saturated heterocycles. The number of nitrogens with zero attached hydrogens (tertiary/aromatic N) is 1. The Hall–Kier alpha value is -2.23. The molecule has 1 aliphatic rings. The molecule has 2 atom stereocenters. The van der Waals surface area contributed by atoms with E-state index in [2.05, 4.69) is 10.3 Å². The number of halogens is 1. The maximum Gasteiger partial charge on any atom is 0.220 e. The van der Waals surface area contributed by atoms with Gasteiger partial charge in [-0.25, -0.2) is 4.39 Å². The third kappa shape index (κ3) is 2.79. The van der Waals surface area contributed by atoms with Gasteiger partial charge in [-0.1, -0.05) is 12.1 Å². The number of aryl methyl sites for hydroxylation is 1. The van der Waals surface area contributed by atoms with E-state index in [1.54, 1.807) is 6.20 Å². The number of carbonyl (C=O) groups is 1. The van der Waals surface area contributed by atoms with Gasteiger partial charge < -0.3 is 5.32 Å². The summed E-state index contributed by atoms with van der Waals surface area (Å²) in [6.45, 7) is 2.67. The van der Waals surface area contributed by atoms with E-state index in [-0.39, 0.29) is 23.6 Å². The Bertz CT molecular complexity index is 654. The van der Waals surface area contributed by atoms with Crippen LogP contribution < -0.4 is 5.32 Å². The summed E-state index contributed by atoms with van der Waals surface area (Å²) in [5.74, 6) is 0.0972. The smallest absolute Gasteiger partial charge is 0.220 e. The molecule has 1 aromatic carbocycles. The van der Waals surface area contributed by atoms with Gasteiger partial charge in [0.05, 0.1) is 0 Å². The van der Waals surface area contributed by atoms with Crippen molar-refractivity contribution in [3.05, 3.63) is 65.2 Å². The lowest BCUT2D eigenvalue weighted by atomic mass is 9.79. The van der Waals surface area contributed by atoms with E-state index >= 15 is 0 Å². The van der Waals surface area contributed by atoms with Gasteiger partial charge in [0.15, 0.2) is 0 Å². The fourth-order valence-electron chi connectivity index (χ4n) is 3.07. The topological polar surface area (TPSA) is 42.0 Å². The lowest BCUT2D eigenvalue weighted by molar-refractivity contribution is -0.119. The molecule has 21 heavy (non-hydrogen) atoms. The van der Waals surface area contributed by atoms with Crippen LogP contribution in [0.4, 0.5) is 4.39 Å². The SMILES string of the molecule is Cc1cnccc1C(c1ccc(F)cc1)C1CNC(=O)C1. The Labute approximate surface area is 123 Å². The molecule has 1 amide bonds. The maximum absolute atomic E-state index is 13.2. The molecule has 108 valence electrons. The average molecular weight is 284 g/mol. The van der Waals surface area contributed by atoms with E-state index in [1.165, 1.54) is 12.1 Å². The minimum Gasteiger partial charge on any atom is -0.356 e. The number of amides is 1. The third-order valence-corrected chi connectivity index (χ3v) is 4.11. The Morgan fingerprint density at radius 2 is 2.05 bits per heavy atom. The fourth-order valence-corrected chi connectivity index (χ4v) is 3.07. The van der Waals surface area contributed by atoms with Gasteiger partial charge in [-0.3, -0.25) is 9.78 Å². The molecule has 1 aromatic heterocycles. The zero-order chi connectivity index (χ0) is 14.8. The minimum atomic E-state index is -0.246. The highest BCUT2D eigenvalue weighted by molar-refractivity contribution is 5.78. The van der Waals surface area contributed by atoms with Gasteiger partial charge in [0.1, 0.15) is 5.82 Å². The van der Waals surface area contributed by atoms with Gasteiger partial charge in [0.25, 0.3) is 0 Å². The number of carbonyl (C=O) groups excluding carboxylic acids is 1. The van der Waals surface area contributed by atoms with Crippen molar-refractivity contribution in [2.75, 3.05) is 6.54 Å². The summed E-state index contributed by atoms with van der Waals surface area (Å²) < 4.78 is 13.2. The molecule has 4 heteroatoms. The first kappa shape index (κ1) is 13.7. The fraction of sp³-hybridized carbons (Fsp3) is 0.294. The van der Waals surface area contributed by atoms with Crippen LogP contribution in [0.1, 0.15) is 29.0 Å². The van der Waals surface area contributed by atoms with Gasteiger partial charge in [0.2, 0.25) is 5.91 Å². The van der Waals surface area contributed by atoms with Crippen LogP contribution in [0.2, 0.25) is 0 Å². The molecule has 2 aromatic rings. The number of rotatable bonds is 3. The summed E-state index contributed by atoms with van der Waals surface area (Å²) in [5.41, 5.74) is 3.27. The van der Waals surface area contributed by atoms with E-state index in [1.807, 2.05) is 31.3 Å². The molecule has 0 aliphatic carbocycles. The van der Waals surface area contributed by atoms with Crippen LogP contribution in [0.25, 0.3) is 0 Å². The number of pyridine rings is 1. The van der Waals surface area contributed by atoms with Crippen molar-refractivity contribution in [1.82, 2.24) is 10.3 Å². The van der Waals surface area contributed by atoms with Gasteiger partial charge >= 0.3 is 0 Å². The molecule has 1 N–H and O–H groups in total. The largest absolute Gasteiger partial charge is 0.356 e. The van der Waals surface area contributed by atoms with Crippen LogP contribution >= 0.6 is 0 Å². The Kier molecular flexibility index (Phi) is 3.69. The van der Waals surface area contributed by atoms with Crippen molar-refractivity contribution < 1.29 is 9.18 Å². The normalized spacial score (nSPS) is 19.3. The lowest BCUT2D eigenvalue weighted by Crippen LogP contribution is -2.19. The molecule has 0 bridgehead atoms. The third-order valence-electron chi connectivity index (χ3n) is 4.11. The predicted molar refractivity (Wildman–Crippen MR) is 78.3 cm³/mol. The van der Waals surface area contributed by atoms with E-state index in [9.17, 15) is 9.18 Å². The van der Waals surface area contributed by atoms with Crippen molar-refractivity contribution in [3.8, 4) is 0 Å². The summed E-state index contributed by atoms with van der Waals surface area (Å²) in [5, 5.41) is 2.89. The highest BCUT2D eigenvalue weighted by Crippen LogP contribution is 2.36. The summed E-state index contributed by atoms with van der Waals surface area (Å²) in [6.07, 6.45) is 4.10. The molecule has 0 spiro atoms. The first-order valence-corrected chi connectivity index (χ1v) is 7.08. The first-order valence-electron chi connectivity index (χ1n) is 7.08. The van der Waals surface area contributed by atoms with Crippen molar-refractivity contribution in [2.45, 2.75) is 19.3 Å². The zero-order valence-corrected chi connectivity index (χ0v) is 11.8. The highest BCUT2D eigenvalue weighted by Gasteiger charge is 2.32. The predicted octanol–water partition coefficient (Wildman–Crippen LogP) is 2.80. The monoisotopic (exact) mass is 284 g/mol. The summed E-state index contributed by atoms with van der Waals surface area (Å²) >= 11 is 0. The number of hydrogen-bond acceptors (Lipinski definition) is 2. The van der Waals surface area contributed by atoms with Gasteiger partial charge in [-0.15, -0.1) is 0 Å². The van der Waals surface area contributed by atoms with Gasteiger partial charge in [-0.2, -0.15) is 0 Å². The minimum absolute atomic E-state index is 0.0764. The highest BCUT2D eigenvalue weighted by atomic mass is 19.1. The second-order valence-corrected chi connectivity index (χ2v) is 5.53. The van der Waals surface area contributed by atoms with Crippen molar-refractivity contribution in [2.24, 2.45) is 5.92 Å². The van der Waals surface area contributed by atoms with Crippen LogP contribution in [0, 0.1) is 18.7 Å². The molecule has 2 heterocycles. The Balaban J connectivity index is 2.04. The van der Waals surface area contributed by atoms with Crippen molar-refractivity contribution in [1.29, 1.82) is 0 Å². The summed E-state index contributed by atoms with van der Waals surface area (Å²) in [4.78, 5) is 15.7. The molecule has 1 aliphatic heterocycles. The first-order chi connectivity index (χ1) is 10.1. The van der Waals surface area contributed by atoms with E-state index in [0.717, 1.165) is 16.7 Å². The van der Waals surface area contributed by atoms with Crippen LogP contribution in [-0.4, -0.2) is 17.4 Å². The Morgan fingerprint density at radius 3 is 2.67 bits per heavy atom. The number of nitrogens with one attached hydrogen (secondary N) is 1. The van der Waals surface area contributed by atoms with E-state index < -0.39 is 0 Å². The van der Waals surface area contributed by atoms with Gasteiger partial charge in [-0.05, 0) is 47.7 Å². The number of aromatic nitrogens is 1. The Morgan fingerprint density at radius 1 is 1.29 bits per heavy atom. The molecule has 0 radical (unpaired) electrons. The molecule has 0 saturated carbocycles. The van der Waals surface area contributed by atoms with E-state index in [4.69, 9.17) is 0 Å². The molecule has 2 unspecified atom stereocenters. The number of hydrogen-bond donors (Lipinski definition) is 1. The van der Waals surface area contributed by atoms with Crippen molar-refractivity contribution >= 4 is 5.91 Å². The number of benzene rings is 1. The van der Waals surface area contributed by atoms with E-state index in [0.29, 0.717) is 13.0 Å². The van der Waals surface area contributed by atoms with Crippen molar-refractivity contribution in [3.63, 3.8) is 0 Å². The molecular formula is C17H17FN2O. The zero-order valence-electron chi connectivity index (χ0n) is 11.8. The standard InChI is InChI=1S/C17H17FN2O/c1-11-9-19-7-6-15(11)17(13-8-16(21)20-10-13)12-2-4-14(18)5-3-12/h2-7,9,13,17H,8,10H2,1H3,(H,20,21). The second-order valence-electron chi connectivity index (χ2n) is 5.53. The quantitative estimate of drug-likeness (QED) is 0.941. The average Bonchev–Trinajstić information content (AvgIpc) is 2.90. The van der Waals surface area contributed by atoms with Crippen LogP contribution in [0.5, 0.6) is 0 Å².